The average molecular weight is 184 g/mol. The quantitative estimate of drug-likeness (QED) is 0.716. The first-order chi connectivity index (χ1) is 6.13. The fourth-order valence-corrected chi connectivity index (χ4v) is 2.34. The van der Waals surface area contributed by atoms with Crippen molar-refractivity contribution in [3.63, 3.8) is 0 Å². The van der Waals surface area contributed by atoms with Gasteiger partial charge in [-0.25, -0.2) is 0 Å². The van der Waals surface area contributed by atoms with Crippen LogP contribution in [0.1, 0.15) is 27.2 Å². The zero-order chi connectivity index (χ0) is 9.84. The average Bonchev–Trinajstić information content (AvgIpc) is 2.03. The molecule has 0 aliphatic carbocycles. The van der Waals surface area contributed by atoms with Crippen LogP contribution in [0.2, 0.25) is 0 Å². The molecular formula is C11H24N2. The molecule has 0 bridgehead atoms. The van der Waals surface area contributed by atoms with Gasteiger partial charge >= 0.3 is 0 Å². The third kappa shape index (κ3) is 3.28. The summed E-state index contributed by atoms with van der Waals surface area (Å²) in [5, 5.41) is 3.40. The number of hydrogen-bond donors (Lipinski definition) is 1. The van der Waals surface area contributed by atoms with E-state index in [1.165, 1.54) is 26.1 Å². The van der Waals surface area contributed by atoms with Gasteiger partial charge in [0.1, 0.15) is 0 Å². The van der Waals surface area contributed by atoms with Crippen LogP contribution in [0.4, 0.5) is 0 Å². The Hall–Kier alpha value is -0.0800. The van der Waals surface area contributed by atoms with Gasteiger partial charge in [-0.15, -0.1) is 0 Å². The van der Waals surface area contributed by atoms with Crippen molar-refractivity contribution in [3.05, 3.63) is 0 Å². The van der Waals surface area contributed by atoms with Crippen molar-refractivity contribution in [2.24, 2.45) is 11.8 Å². The van der Waals surface area contributed by atoms with Crippen molar-refractivity contribution < 1.29 is 0 Å². The number of likely N-dealkylation sites (tertiary alicyclic amines) is 1. The molecule has 0 aromatic carbocycles. The highest BCUT2D eigenvalue weighted by Gasteiger charge is 2.24. The maximum absolute atomic E-state index is 3.40. The zero-order valence-corrected chi connectivity index (χ0v) is 9.51. The van der Waals surface area contributed by atoms with Gasteiger partial charge in [-0.1, -0.05) is 20.8 Å². The first-order valence-electron chi connectivity index (χ1n) is 5.53. The van der Waals surface area contributed by atoms with Gasteiger partial charge in [-0.2, -0.15) is 0 Å². The molecule has 1 saturated heterocycles. The highest BCUT2D eigenvalue weighted by Crippen LogP contribution is 2.17. The maximum atomic E-state index is 3.40. The molecule has 0 radical (unpaired) electrons. The number of hydrogen-bond acceptors (Lipinski definition) is 2. The Kier molecular flexibility index (Phi) is 4.20. The molecule has 1 N–H and O–H groups in total. The fraction of sp³-hybridized carbons (Fsp3) is 1.00. The van der Waals surface area contributed by atoms with E-state index in [9.17, 15) is 0 Å². The monoisotopic (exact) mass is 184 g/mol. The lowest BCUT2D eigenvalue weighted by atomic mass is 9.93. The molecule has 0 amide bonds. The van der Waals surface area contributed by atoms with Crippen molar-refractivity contribution in [1.82, 2.24) is 10.2 Å². The molecule has 2 heteroatoms. The van der Waals surface area contributed by atoms with Gasteiger partial charge in [-0.05, 0) is 31.8 Å². The third-order valence-corrected chi connectivity index (χ3v) is 2.98. The second-order valence-electron chi connectivity index (χ2n) is 4.81. The van der Waals surface area contributed by atoms with E-state index in [1.807, 2.05) is 0 Å². The van der Waals surface area contributed by atoms with E-state index in [0.717, 1.165) is 17.9 Å². The summed E-state index contributed by atoms with van der Waals surface area (Å²) in [6, 6.07) is 0.739. The van der Waals surface area contributed by atoms with Crippen LogP contribution in [0.25, 0.3) is 0 Å². The topological polar surface area (TPSA) is 15.3 Å². The summed E-state index contributed by atoms with van der Waals surface area (Å²) in [7, 11) is 2.08. The smallest absolute Gasteiger partial charge is 0.0114 e. The van der Waals surface area contributed by atoms with Crippen LogP contribution in [-0.2, 0) is 0 Å². The summed E-state index contributed by atoms with van der Waals surface area (Å²) in [5.41, 5.74) is 0. The Morgan fingerprint density at radius 3 is 2.62 bits per heavy atom. The summed E-state index contributed by atoms with van der Waals surface area (Å²) in [5.74, 6) is 1.61. The van der Waals surface area contributed by atoms with Crippen LogP contribution in [0.3, 0.4) is 0 Å². The van der Waals surface area contributed by atoms with E-state index >= 15 is 0 Å². The van der Waals surface area contributed by atoms with Gasteiger partial charge in [0, 0.05) is 19.1 Å². The molecule has 1 aliphatic rings. The summed E-state index contributed by atoms with van der Waals surface area (Å²) >= 11 is 0. The second-order valence-corrected chi connectivity index (χ2v) is 4.81. The fourth-order valence-electron chi connectivity index (χ4n) is 2.34. The second kappa shape index (κ2) is 4.97. The van der Waals surface area contributed by atoms with Crippen molar-refractivity contribution in [1.29, 1.82) is 0 Å². The first kappa shape index (κ1) is 11.0. The minimum atomic E-state index is 0.739. The Bertz CT molecular complexity index is 145. The number of nitrogens with zero attached hydrogens (tertiary/aromatic N) is 1. The predicted octanol–water partition coefficient (Wildman–Crippen LogP) is 1.57. The molecule has 2 nitrogen and oxygen atoms in total. The molecule has 0 aromatic heterocycles. The lowest BCUT2D eigenvalue weighted by Gasteiger charge is -2.37. The summed E-state index contributed by atoms with van der Waals surface area (Å²) in [4.78, 5) is 2.60. The SMILES string of the molecule is CNC1CCN(CC(C)C)CC1C. The first-order valence-corrected chi connectivity index (χ1v) is 5.53. The van der Waals surface area contributed by atoms with Gasteiger partial charge in [0.15, 0.2) is 0 Å². The van der Waals surface area contributed by atoms with Crippen LogP contribution >= 0.6 is 0 Å². The van der Waals surface area contributed by atoms with Crippen LogP contribution in [0, 0.1) is 11.8 Å². The minimum Gasteiger partial charge on any atom is -0.317 e. The molecule has 0 spiro atoms. The predicted molar refractivity (Wildman–Crippen MR) is 57.9 cm³/mol. The van der Waals surface area contributed by atoms with Crippen molar-refractivity contribution in [3.8, 4) is 0 Å². The molecule has 2 atom stereocenters. The van der Waals surface area contributed by atoms with E-state index in [4.69, 9.17) is 0 Å². The Balaban J connectivity index is 2.32. The maximum Gasteiger partial charge on any atom is 0.0114 e. The van der Waals surface area contributed by atoms with Gasteiger partial charge in [-0.3, -0.25) is 0 Å². The van der Waals surface area contributed by atoms with Crippen molar-refractivity contribution in [2.75, 3.05) is 26.7 Å². The van der Waals surface area contributed by atoms with Gasteiger partial charge in [0.2, 0.25) is 0 Å². The molecule has 1 aliphatic heterocycles. The normalized spacial score (nSPS) is 31.2. The minimum absolute atomic E-state index is 0.739. The van der Waals surface area contributed by atoms with Crippen LogP contribution < -0.4 is 5.32 Å². The van der Waals surface area contributed by atoms with E-state index in [0.29, 0.717) is 0 Å². The number of nitrogens with one attached hydrogen (secondary N) is 1. The molecule has 1 fully saturated rings. The Morgan fingerprint density at radius 2 is 2.15 bits per heavy atom. The highest BCUT2D eigenvalue weighted by atomic mass is 15.1. The van der Waals surface area contributed by atoms with E-state index in [-0.39, 0.29) is 0 Å². The zero-order valence-electron chi connectivity index (χ0n) is 9.51. The summed E-state index contributed by atoms with van der Waals surface area (Å²) in [6.07, 6.45) is 1.31. The Labute approximate surface area is 82.7 Å². The number of piperidine rings is 1. The standard InChI is InChI=1S/C11H24N2/c1-9(2)7-13-6-5-11(12-4)10(3)8-13/h9-12H,5-8H2,1-4H3. The van der Waals surface area contributed by atoms with E-state index < -0.39 is 0 Å². The lowest BCUT2D eigenvalue weighted by Crippen LogP contribution is -2.48. The largest absolute Gasteiger partial charge is 0.317 e. The molecule has 2 unspecified atom stereocenters. The van der Waals surface area contributed by atoms with E-state index in [2.05, 4.69) is 38.0 Å². The molecule has 78 valence electrons. The van der Waals surface area contributed by atoms with Crippen LogP contribution in [-0.4, -0.2) is 37.6 Å². The summed E-state index contributed by atoms with van der Waals surface area (Å²) < 4.78 is 0. The van der Waals surface area contributed by atoms with Crippen LogP contribution in [0.15, 0.2) is 0 Å². The molecule has 1 rings (SSSR count). The molecular weight excluding hydrogens is 160 g/mol. The summed E-state index contributed by atoms with van der Waals surface area (Å²) in [6.45, 7) is 10.8. The van der Waals surface area contributed by atoms with Crippen molar-refractivity contribution >= 4 is 0 Å². The lowest BCUT2D eigenvalue weighted by molar-refractivity contribution is 0.138. The molecule has 13 heavy (non-hydrogen) atoms. The van der Waals surface area contributed by atoms with Gasteiger partial charge in [0.25, 0.3) is 0 Å². The van der Waals surface area contributed by atoms with Crippen molar-refractivity contribution in [2.45, 2.75) is 33.2 Å². The molecule has 1 heterocycles. The molecule has 0 saturated carbocycles. The number of rotatable bonds is 3. The highest BCUT2D eigenvalue weighted by molar-refractivity contribution is 4.81. The Morgan fingerprint density at radius 1 is 1.46 bits per heavy atom. The van der Waals surface area contributed by atoms with Gasteiger partial charge in [0.05, 0.1) is 0 Å². The van der Waals surface area contributed by atoms with Gasteiger partial charge < -0.3 is 10.2 Å². The molecule has 0 aromatic rings. The van der Waals surface area contributed by atoms with E-state index in [1.54, 1.807) is 0 Å². The third-order valence-electron chi connectivity index (χ3n) is 2.98. The van der Waals surface area contributed by atoms with Crippen LogP contribution in [0.5, 0.6) is 0 Å².